The fraction of sp³-hybridized carbons (Fsp3) is 0.143. The summed E-state index contributed by atoms with van der Waals surface area (Å²) in [7, 11) is -3.82. The largest absolute Gasteiger partial charge is 0.417 e. The number of thiazole rings is 1. The zero-order valence-corrected chi connectivity index (χ0v) is 19.3. The van der Waals surface area contributed by atoms with Gasteiger partial charge in [0.25, 0.3) is 10.0 Å². The molecule has 2 N–H and O–H groups in total. The number of fused-ring (bicyclic) bond motifs is 1. The maximum atomic E-state index is 12.6. The third-order valence-corrected chi connectivity index (χ3v) is 7.27. The SMILES string of the molecule is Cc1ccccc1NC(=O)Oc1ccc(CCNS(=O)(=O)c2c(Cl)nc3sccn23)cc1. The highest BCUT2D eigenvalue weighted by atomic mass is 35.5. The van der Waals surface area contributed by atoms with Gasteiger partial charge in [-0.05, 0) is 42.7 Å². The zero-order chi connectivity index (χ0) is 22.7. The predicted molar refractivity (Wildman–Crippen MR) is 124 cm³/mol. The molecule has 1 amide bonds. The van der Waals surface area contributed by atoms with Crippen LogP contribution in [0.5, 0.6) is 5.75 Å². The number of sulfonamides is 1. The van der Waals surface area contributed by atoms with Crippen LogP contribution in [0.1, 0.15) is 11.1 Å². The van der Waals surface area contributed by atoms with E-state index in [1.807, 2.05) is 25.1 Å². The lowest BCUT2D eigenvalue weighted by molar-refractivity contribution is 0.215. The number of hydrogen-bond donors (Lipinski definition) is 2. The number of aromatic nitrogens is 2. The quantitative estimate of drug-likeness (QED) is 0.397. The maximum Gasteiger partial charge on any atom is 0.417 e. The number of nitrogens with zero attached hydrogens (tertiary/aromatic N) is 2. The van der Waals surface area contributed by atoms with Crippen LogP contribution in [0.25, 0.3) is 4.96 Å². The van der Waals surface area contributed by atoms with Gasteiger partial charge >= 0.3 is 6.09 Å². The van der Waals surface area contributed by atoms with Crippen molar-refractivity contribution in [2.24, 2.45) is 0 Å². The second-order valence-electron chi connectivity index (χ2n) is 6.88. The summed E-state index contributed by atoms with van der Waals surface area (Å²) in [5.41, 5.74) is 2.48. The number of halogens is 1. The second-order valence-corrected chi connectivity index (χ2v) is 9.80. The Bertz CT molecular complexity index is 1360. The highest BCUT2D eigenvalue weighted by Gasteiger charge is 2.24. The first-order valence-electron chi connectivity index (χ1n) is 9.57. The molecule has 0 unspecified atom stereocenters. The topological polar surface area (TPSA) is 102 Å². The first kappa shape index (κ1) is 22.3. The summed E-state index contributed by atoms with van der Waals surface area (Å²) in [4.78, 5) is 16.7. The fourth-order valence-corrected chi connectivity index (χ4v) is 5.54. The molecule has 0 aliphatic heterocycles. The van der Waals surface area contributed by atoms with Crippen LogP contribution in [-0.4, -0.2) is 30.4 Å². The van der Waals surface area contributed by atoms with Gasteiger partial charge in [-0.25, -0.2) is 22.9 Å². The minimum absolute atomic E-state index is 0.0603. The molecule has 0 saturated heterocycles. The molecule has 0 saturated carbocycles. The number of carbonyl (C=O) groups is 1. The normalized spacial score (nSPS) is 11.6. The van der Waals surface area contributed by atoms with Crippen LogP contribution in [-0.2, 0) is 16.4 Å². The molecule has 0 radical (unpaired) electrons. The van der Waals surface area contributed by atoms with Gasteiger partial charge in [-0.3, -0.25) is 9.72 Å². The summed E-state index contributed by atoms with van der Waals surface area (Å²) in [6.45, 7) is 2.06. The van der Waals surface area contributed by atoms with Gasteiger partial charge in [-0.1, -0.05) is 41.9 Å². The van der Waals surface area contributed by atoms with Gasteiger partial charge in [-0.2, -0.15) is 0 Å². The Morgan fingerprint density at radius 1 is 1.19 bits per heavy atom. The molecule has 8 nitrogen and oxygen atoms in total. The number of aryl methyl sites for hydroxylation is 1. The third kappa shape index (κ3) is 4.94. The summed E-state index contributed by atoms with van der Waals surface area (Å²) in [5, 5.41) is 4.31. The zero-order valence-electron chi connectivity index (χ0n) is 16.9. The van der Waals surface area contributed by atoms with Crippen molar-refractivity contribution in [2.45, 2.75) is 18.4 Å². The second kappa shape index (κ2) is 9.29. The molecule has 0 aliphatic carbocycles. The van der Waals surface area contributed by atoms with Crippen molar-refractivity contribution in [3.63, 3.8) is 0 Å². The van der Waals surface area contributed by atoms with Crippen LogP contribution in [0.15, 0.2) is 65.1 Å². The molecule has 166 valence electrons. The van der Waals surface area contributed by atoms with E-state index in [0.29, 0.717) is 22.8 Å². The molecule has 2 heterocycles. The first-order valence-corrected chi connectivity index (χ1v) is 12.3. The maximum absolute atomic E-state index is 12.6. The molecule has 11 heteroatoms. The minimum Gasteiger partial charge on any atom is -0.410 e. The predicted octanol–water partition coefficient (Wildman–Crippen LogP) is 4.49. The molecule has 2 aromatic carbocycles. The number of ether oxygens (including phenoxy) is 1. The van der Waals surface area contributed by atoms with E-state index >= 15 is 0 Å². The summed E-state index contributed by atoms with van der Waals surface area (Å²) >= 11 is 7.32. The number of amides is 1. The number of hydrogen-bond acceptors (Lipinski definition) is 6. The molecule has 0 aliphatic rings. The van der Waals surface area contributed by atoms with Crippen LogP contribution in [0.3, 0.4) is 0 Å². The summed E-state index contributed by atoms with van der Waals surface area (Å²) in [6.07, 6.45) is 1.47. The van der Waals surface area contributed by atoms with Crippen LogP contribution >= 0.6 is 22.9 Å². The molecule has 4 aromatic rings. The number of nitrogens with one attached hydrogen (secondary N) is 2. The van der Waals surface area contributed by atoms with Gasteiger partial charge in [0.2, 0.25) is 0 Å². The highest BCUT2D eigenvalue weighted by molar-refractivity contribution is 7.89. The lowest BCUT2D eigenvalue weighted by Gasteiger charge is -2.09. The van der Waals surface area contributed by atoms with Crippen molar-refractivity contribution in [1.29, 1.82) is 0 Å². The van der Waals surface area contributed by atoms with Gasteiger partial charge in [0.1, 0.15) is 5.75 Å². The highest BCUT2D eigenvalue weighted by Crippen LogP contribution is 2.25. The van der Waals surface area contributed by atoms with E-state index in [1.165, 1.54) is 15.7 Å². The summed E-state index contributed by atoms with van der Waals surface area (Å²) in [5.74, 6) is 0.381. The summed E-state index contributed by atoms with van der Waals surface area (Å²) in [6, 6.07) is 14.3. The monoisotopic (exact) mass is 490 g/mol. The van der Waals surface area contributed by atoms with Gasteiger partial charge in [0, 0.05) is 23.8 Å². The van der Waals surface area contributed by atoms with Crippen LogP contribution in [0, 0.1) is 6.92 Å². The average molecular weight is 491 g/mol. The van der Waals surface area contributed by atoms with Crippen molar-refractivity contribution >= 4 is 49.7 Å². The smallest absolute Gasteiger partial charge is 0.410 e. The van der Waals surface area contributed by atoms with Gasteiger partial charge in [0.05, 0.1) is 0 Å². The Labute approximate surface area is 193 Å². The van der Waals surface area contributed by atoms with Crippen molar-refractivity contribution < 1.29 is 17.9 Å². The van der Waals surface area contributed by atoms with Crippen molar-refractivity contribution in [3.05, 3.63) is 76.4 Å². The fourth-order valence-electron chi connectivity index (χ4n) is 3.06. The number of imidazole rings is 1. The molecule has 0 atom stereocenters. The van der Waals surface area contributed by atoms with E-state index in [2.05, 4.69) is 15.0 Å². The number of para-hydroxylation sites is 1. The van der Waals surface area contributed by atoms with Crippen molar-refractivity contribution in [2.75, 3.05) is 11.9 Å². The number of rotatable bonds is 7. The Hall–Kier alpha value is -2.92. The Balaban J connectivity index is 1.32. The van der Waals surface area contributed by atoms with E-state index in [-0.39, 0.29) is 16.7 Å². The van der Waals surface area contributed by atoms with Crippen molar-refractivity contribution in [1.82, 2.24) is 14.1 Å². The summed E-state index contributed by atoms with van der Waals surface area (Å²) < 4.78 is 34.6. The lowest BCUT2D eigenvalue weighted by Crippen LogP contribution is -2.27. The van der Waals surface area contributed by atoms with Gasteiger partial charge in [0.15, 0.2) is 15.1 Å². The Morgan fingerprint density at radius 3 is 2.69 bits per heavy atom. The van der Waals surface area contributed by atoms with Gasteiger partial charge in [-0.15, -0.1) is 11.3 Å². The third-order valence-electron chi connectivity index (χ3n) is 4.65. The average Bonchev–Trinajstić information content (AvgIpc) is 3.30. The minimum atomic E-state index is -3.82. The van der Waals surface area contributed by atoms with E-state index < -0.39 is 16.1 Å². The molecule has 0 bridgehead atoms. The molecule has 0 fully saturated rings. The van der Waals surface area contributed by atoms with Crippen LogP contribution in [0.2, 0.25) is 5.15 Å². The van der Waals surface area contributed by atoms with Crippen LogP contribution < -0.4 is 14.8 Å². The van der Waals surface area contributed by atoms with E-state index in [1.54, 1.807) is 41.9 Å². The molecular formula is C21H19ClN4O4S2. The molecule has 2 aromatic heterocycles. The Kier molecular flexibility index (Phi) is 6.47. The Morgan fingerprint density at radius 2 is 1.94 bits per heavy atom. The van der Waals surface area contributed by atoms with Gasteiger partial charge < -0.3 is 4.74 Å². The molecule has 4 rings (SSSR count). The van der Waals surface area contributed by atoms with E-state index in [0.717, 1.165) is 11.1 Å². The first-order chi connectivity index (χ1) is 15.3. The number of benzene rings is 2. The lowest BCUT2D eigenvalue weighted by atomic mass is 10.1. The standard InChI is InChI=1S/C21H19ClN4O4S2/c1-14-4-2-3-5-17(14)24-21(27)30-16-8-6-15(7-9-16)10-11-23-32(28,29)19-18(22)25-20-26(19)12-13-31-20/h2-9,12-13,23H,10-11H2,1H3,(H,24,27). The van der Waals surface area contributed by atoms with E-state index in [9.17, 15) is 13.2 Å². The molecule has 32 heavy (non-hydrogen) atoms. The number of anilines is 1. The number of carbonyl (C=O) groups excluding carboxylic acids is 1. The van der Waals surface area contributed by atoms with Crippen molar-refractivity contribution in [3.8, 4) is 5.75 Å². The van der Waals surface area contributed by atoms with Crippen LogP contribution in [0.4, 0.5) is 10.5 Å². The molecule has 0 spiro atoms. The molecular weight excluding hydrogens is 472 g/mol. The van der Waals surface area contributed by atoms with E-state index in [4.69, 9.17) is 16.3 Å².